The topological polar surface area (TPSA) is 89.1 Å². The summed E-state index contributed by atoms with van der Waals surface area (Å²) in [5, 5.41) is 3.01. The van der Waals surface area contributed by atoms with E-state index in [9.17, 15) is 18.0 Å². The second-order valence-corrected chi connectivity index (χ2v) is 11.0. The summed E-state index contributed by atoms with van der Waals surface area (Å²) in [6.45, 7) is 5.61. The van der Waals surface area contributed by atoms with Crippen molar-refractivity contribution >= 4 is 35.0 Å². The number of alkyl halides is 3. The van der Waals surface area contributed by atoms with Crippen molar-refractivity contribution in [3.8, 4) is 17.0 Å². The van der Waals surface area contributed by atoms with Crippen molar-refractivity contribution in [1.29, 1.82) is 0 Å². The lowest BCUT2D eigenvalue weighted by Gasteiger charge is -2.36. The number of nitrogens with zero attached hydrogens (tertiary/aromatic N) is 4. The third kappa shape index (κ3) is 5.64. The highest BCUT2D eigenvalue weighted by atomic mass is 35.5. The van der Waals surface area contributed by atoms with Crippen molar-refractivity contribution in [1.82, 2.24) is 9.97 Å². The molecule has 2 fully saturated rings. The van der Waals surface area contributed by atoms with E-state index in [-0.39, 0.29) is 40.9 Å². The summed E-state index contributed by atoms with van der Waals surface area (Å²) < 4.78 is 57.3. The minimum Gasteiger partial charge on any atom is -0.491 e. The monoisotopic (exact) mass is 589 g/mol. The number of urea groups is 1. The van der Waals surface area contributed by atoms with Crippen LogP contribution in [0.5, 0.6) is 5.75 Å². The lowest BCUT2D eigenvalue weighted by atomic mass is 10.1. The Labute approximate surface area is 239 Å². The number of nitrogens with one attached hydrogen (secondary N) is 1. The highest BCUT2D eigenvalue weighted by molar-refractivity contribution is 6.33. The number of amides is 2. The van der Waals surface area contributed by atoms with E-state index in [1.165, 1.54) is 23.2 Å². The maximum absolute atomic E-state index is 13.6. The number of carbonyl (C=O) groups excluding carboxylic acids is 1. The summed E-state index contributed by atoms with van der Waals surface area (Å²) in [6, 6.07) is 9.08. The third-order valence-corrected chi connectivity index (χ3v) is 7.47. The SMILES string of the molecule is CC1(C)OCC(COc2ccnc(NC(=O)N3c4nc(-c5cccc(C(F)(F)F)c5)c(Cl)cc4N4CC[C@H]3C4)c2)O1. The first-order chi connectivity index (χ1) is 19.5. The third-order valence-electron chi connectivity index (χ3n) is 7.19. The van der Waals surface area contributed by atoms with Crippen LogP contribution in [0.2, 0.25) is 5.02 Å². The van der Waals surface area contributed by atoms with Gasteiger partial charge in [-0.2, -0.15) is 13.2 Å². The van der Waals surface area contributed by atoms with Crippen molar-refractivity contribution in [2.45, 2.75) is 44.4 Å². The lowest BCUT2D eigenvalue weighted by Crippen LogP contribution is -2.48. The first-order valence-electron chi connectivity index (χ1n) is 13.1. The van der Waals surface area contributed by atoms with E-state index in [4.69, 9.17) is 25.8 Å². The molecule has 0 saturated carbocycles. The van der Waals surface area contributed by atoms with Crippen molar-refractivity contribution in [3.05, 3.63) is 59.2 Å². The first kappa shape index (κ1) is 27.6. The summed E-state index contributed by atoms with van der Waals surface area (Å²) in [6.07, 6.45) is -2.54. The second kappa shape index (κ2) is 10.3. The zero-order valence-corrected chi connectivity index (χ0v) is 23.0. The molecule has 2 saturated heterocycles. The minimum atomic E-state index is -4.52. The van der Waals surface area contributed by atoms with Crippen LogP contribution >= 0.6 is 11.6 Å². The van der Waals surface area contributed by atoms with Gasteiger partial charge in [-0.15, -0.1) is 0 Å². The molecule has 1 aromatic carbocycles. The summed E-state index contributed by atoms with van der Waals surface area (Å²) in [5.74, 6) is 0.420. The molecule has 3 aliphatic heterocycles. The Morgan fingerprint density at radius 3 is 2.83 bits per heavy atom. The van der Waals surface area contributed by atoms with Gasteiger partial charge in [0.05, 0.1) is 34.6 Å². The van der Waals surface area contributed by atoms with Crippen molar-refractivity contribution in [2.24, 2.45) is 0 Å². The number of hydrogen-bond acceptors (Lipinski definition) is 7. The Balaban J connectivity index is 1.25. The molecule has 3 aliphatic rings. The molecule has 9 nitrogen and oxygen atoms in total. The lowest BCUT2D eigenvalue weighted by molar-refractivity contribution is -0.141. The summed E-state index contributed by atoms with van der Waals surface area (Å²) in [5.41, 5.74) is 0.188. The molecule has 0 radical (unpaired) electrons. The number of anilines is 3. The van der Waals surface area contributed by atoms with Gasteiger partial charge in [0, 0.05) is 30.9 Å². The van der Waals surface area contributed by atoms with E-state index < -0.39 is 23.6 Å². The number of ether oxygens (including phenoxy) is 3. The number of hydrogen-bond donors (Lipinski definition) is 1. The van der Waals surface area contributed by atoms with E-state index in [1.54, 1.807) is 18.2 Å². The summed E-state index contributed by atoms with van der Waals surface area (Å²) in [7, 11) is 0. The molecule has 13 heteroatoms. The Hall–Kier alpha value is -3.61. The average Bonchev–Trinajstić information content (AvgIpc) is 3.50. The Morgan fingerprint density at radius 2 is 2.07 bits per heavy atom. The largest absolute Gasteiger partial charge is 0.491 e. The first-order valence-corrected chi connectivity index (χ1v) is 13.5. The van der Waals surface area contributed by atoms with Gasteiger partial charge in [0.2, 0.25) is 0 Å². The Kier molecular flexibility index (Phi) is 6.95. The molecule has 41 heavy (non-hydrogen) atoms. The highest BCUT2D eigenvalue weighted by Crippen LogP contribution is 2.44. The second-order valence-electron chi connectivity index (χ2n) is 10.6. The molecule has 2 amide bonds. The molecule has 2 atom stereocenters. The maximum atomic E-state index is 13.6. The number of fused-ring (bicyclic) bond motifs is 4. The normalized spacial score (nSPS) is 21.1. The van der Waals surface area contributed by atoms with Crippen molar-refractivity contribution in [3.63, 3.8) is 0 Å². The summed E-state index contributed by atoms with van der Waals surface area (Å²) in [4.78, 5) is 26.1. The zero-order valence-electron chi connectivity index (χ0n) is 22.2. The van der Waals surface area contributed by atoms with Crippen LogP contribution in [0, 0.1) is 0 Å². The molecule has 0 aliphatic carbocycles. The predicted molar refractivity (Wildman–Crippen MR) is 146 cm³/mol. The number of carbonyl (C=O) groups is 1. The van der Waals surface area contributed by atoms with Gasteiger partial charge in [-0.05, 0) is 44.5 Å². The number of aromatic nitrogens is 2. The molecular formula is C28H27ClF3N5O4. The molecule has 2 aromatic heterocycles. The number of halogens is 4. The fourth-order valence-electron chi connectivity index (χ4n) is 5.30. The molecular weight excluding hydrogens is 563 g/mol. The molecule has 6 rings (SSSR count). The number of pyridine rings is 2. The molecule has 1 unspecified atom stereocenters. The van der Waals surface area contributed by atoms with Crippen LogP contribution in [0.4, 0.5) is 35.3 Å². The van der Waals surface area contributed by atoms with Gasteiger partial charge in [0.1, 0.15) is 24.3 Å². The van der Waals surface area contributed by atoms with Crippen LogP contribution in [0.15, 0.2) is 48.7 Å². The zero-order chi connectivity index (χ0) is 28.9. The van der Waals surface area contributed by atoms with Crippen molar-refractivity contribution < 1.29 is 32.2 Å². The van der Waals surface area contributed by atoms with Crippen LogP contribution in [-0.4, -0.2) is 60.2 Å². The van der Waals surface area contributed by atoms with E-state index in [2.05, 4.69) is 20.2 Å². The van der Waals surface area contributed by atoms with Gasteiger partial charge in [0.25, 0.3) is 0 Å². The summed E-state index contributed by atoms with van der Waals surface area (Å²) >= 11 is 6.53. The fourth-order valence-corrected chi connectivity index (χ4v) is 5.56. The van der Waals surface area contributed by atoms with Crippen LogP contribution in [-0.2, 0) is 15.7 Å². The van der Waals surface area contributed by atoms with Gasteiger partial charge in [-0.25, -0.2) is 14.8 Å². The molecule has 216 valence electrons. The Morgan fingerprint density at radius 1 is 1.24 bits per heavy atom. The molecule has 1 N–H and O–H groups in total. The van der Waals surface area contributed by atoms with Crippen molar-refractivity contribution in [2.75, 3.05) is 41.4 Å². The van der Waals surface area contributed by atoms with E-state index in [0.717, 1.165) is 12.1 Å². The van der Waals surface area contributed by atoms with E-state index >= 15 is 0 Å². The van der Waals surface area contributed by atoms with Gasteiger partial charge in [-0.3, -0.25) is 10.2 Å². The maximum Gasteiger partial charge on any atom is 0.416 e. The Bertz CT molecular complexity index is 1490. The minimum absolute atomic E-state index is 0.159. The quantitative estimate of drug-likeness (QED) is 0.392. The molecule has 0 spiro atoms. The fraction of sp³-hybridized carbons (Fsp3) is 0.393. The van der Waals surface area contributed by atoms with Crippen LogP contribution in [0.3, 0.4) is 0 Å². The van der Waals surface area contributed by atoms with Crippen LogP contribution < -0.4 is 19.9 Å². The molecule has 2 bridgehead atoms. The average molecular weight is 590 g/mol. The molecule has 3 aromatic rings. The number of rotatable bonds is 5. The predicted octanol–water partition coefficient (Wildman–Crippen LogP) is 5.98. The van der Waals surface area contributed by atoms with Gasteiger partial charge in [-0.1, -0.05) is 23.7 Å². The van der Waals surface area contributed by atoms with E-state index in [1.807, 2.05) is 13.8 Å². The standard InChI is InChI=1S/C28H27ClF3N5O4/c1-27(2)40-15-20(41-27)14-39-19-6-8-33-23(11-19)34-26(38)37-18-7-9-36(13-18)22-12-21(29)24(35-25(22)37)16-4-3-5-17(10-16)28(30,31)32/h3-6,8,10-12,18,20H,7,9,13-15H2,1-2H3,(H,33,34,38)/t18-,20?/m0/s1. The van der Waals surface area contributed by atoms with Gasteiger partial charge >= 0.3 is 12.2 Å². The highest BCUT2D eigenvalue weighted by Gasteiger charge is 2.41. The smallest absolute Gasteiger partial charge is 0.416 e. The van der Waals surface area contributed by atoms with Gasteiger partial charge < -0.3 is 19.1 Å². The van der Waals surface area contributed by atoms with Gasteiger partial charge in [0.15, 0.2) is 11.6 Å². The van der Waals surface area contributed by atoms with Crippen LogP contribution in [0.1, 0.15) is 25.8 Å². The van der Waals surface area contributed by atoms with Crippen LogP contribution in [0.25, 0.3) is 11.3 Å². The van der Waals surface area contributed by atoms with E-state index in [0.29, 0.717) is 43.4 Å². The number of benzene rings is 1. The molecule has 5 heterocycles.